The van der Waals surface area contributed by atoms with Crippen molar-refractivity contribution in [2.24, 2.45) is 9.98 Å². The fraction of sp³-hybridized carbons (Fsp3) is 0.294. The Kier molecular flexibility index (Phi) is 30.4. The van der Waals surface area contributed by atoms with E-state index < -0.39 is 0 Å². The van der Waals surface area contributed by atoms with Gasteiger partial charge in [-0.25, -0.2) is 0 Å². The molecule has 2 fully saturated rings. The second-order valence-electron chi connectivity index (χ2n) is 10.2. The van der Waals surface area contributed by atoms with E-state index >= 15 is 0 Å². The van der Waals surface area contributed by atoms with Crippen LogP contribution in [0, 0.1) is 0 Å². The number of nitrogens with zero attached hydrogens (tertiary/aromatic N) is 4. The predicted octanol–water partition coefficient (Wildman–Crippen LogP) is 7.86. The minimum atomic E-state index is -0.177. The number of carbonyl (C=O) groups is 2. The van der Waals surface area contributed by atoms with E-state index in [1.54, 1.807) is 12.2 Å². The number of aliphatic imine (C=N–C) groups is 2. The van der Waals surface area contributed by atoms with Crippen molar-refractivity contribution in [2.45, 2.75) is 0 Å². The minimum absolute atomic E-state index is 0.177. The van der Waals surface area contributed by atoms with E-state index in [1.165, 1.54) is 23.5 Å². The van der Waals surface area contributed by atoms with Crippen molar-refractivity contribution in [3.8, 4) is 11.5 Å². The van der Waals surface area contributed by atoms with Crippen LogP contribution < -0.4 is 9.47 Å². The van der Waals surface area contributed by atoms with Crippen molar-refractivity contribution in [2.75, 3.05) is 65.8 Å². The van der Waals surface area contributed by atoms with Gasteiger partial charge in [0, 0.05) is 26.2 Å². The van der Waals surface area contributed by atoms with E-state index in [9.17, 15) is 9.59 Å². The molecule has 4 heterocycles. The van der Waals surface area contributed by atoms with E-state index in [0.717, 1.165) is 59.1 Å². The third kappa shape index (κ3) is 18.6. The van der Waals surface area contributed by atoms with Gasteiger partial charge in [-0.3, -0.25) is 9.59 Å². The molecule has 0 atom stereocenters. The quantitative estimate of drug-likeness (QED) is 0.148. The second-order valence-corrected chi connectivity index (χ2v) is 12.2. The number of thioether (sulfide) groups is 2. The van der Waals surface area contributed by atoms with Crippen LogP contribution in [0.3, 0.4) is 0 Å². The van der Waals surface area contributed by atoms with E-state index in [4.69, 9.17) is 18.9 Å². The van der Waals surface area contributed by atoms with Crippen LogP contribution in [0.2, 0.25) is 0 Å². The Morgan fingerprint density at radius 1 is 0.611 bits per heavy atom. The fourth-order valence-electron chi connectivity index (χ4n) is 4.51. The van der Waals surface area contributed by atoms with Gasteiger partial charge in [0.05, 0.1) is 36.2 Å². The maximum absolute atomic E-state index is 12.1. The first-order valence-electron chi connectivity index (χ1n) is 15.4. The number of hydrogen-bond acceptors (Lipinski definition) is 10. The fourth-order valence-corrected chi connectivity index (χ4v) is 6.44. The number of amidine groups is 2. The summed E-state index contributed by atoms with van der Waals surface area (Å²) in [5.41, 5.74) is 1.90. The summed E-state index contributed by atoms with van der Waals surface area (Å²) in [6, 6.07) is 15.2. The summed E-state index contributed by atoms with van der Waals surface area (Å²) >= 11 is 17.5. The average Bonchev–Trinajstić information content (AvgIpc) is 3.81. The number of carbonyl (C=O) groups excluding carboxylic acids is 2. The van der Waals surface area contributed by atoms with Crippen LogP contribution >= 0.6 is 63.9 Å². The molecule has 20 heteroatoms. The van der Waals surface area contributed by atoms with E-state index in [2.05, 4.69) is 134 Å². The van der Waals surface area contributed by atoms with Gasteiger partial charge in [-0.1, -0.05) is 49.6 Å². The van der Waals surface area contributed by atoms with Gasteiger partial charge in [-0.05, 0) is 71.1 Å². The van der Waals surface area contributed by atoms with Gasteiger partial charge in [-0.15, -0.1) is 0 Å². The Hall–Kier alpha value is -0.862. The van der Waals surface area contributed by atoms with Crippen LogP contribution in [0.25, 0.3) is 12.2 Å². The van der Waals surface area contributed by atoms with Gasteiger partial charge in [0.1, 0.15) is 24.7 Å². The third-order valence-corrected chi connectivity index (χ3v) is 8.96. The van der Waals surface area contributed by atoms with Gasteiger partial charge >= 0.3 is 101 Å². The summed E-state index contributed by atoms with van der Waals surface area (Å²) in [4.78, 5) is 37.9. The van der Waals surface area contributed by atoms with Crippen molar-refractivity contribution < 1.29 is 88.9 Å². The first-order chi connectivity index (χ1) is 26.5. The molecule has 2 aromatic rings. The molecule has 2 aromatic carbocycles. The molecule has 10 nitrogen and oxygen atoms in total. The van der Waals surface area contributed by atoms with Crippen molar-refractivity contribution in [3.05, 3.63) is 94.8 Å². The Bertz CT molecular complexity index is 1450. The molecule has 0 bridgehead atoms. The van der Waals surface area contributed by atoms with Crippen molar-refractivity contribution in [1.82, 2.24) is 9.80 Å². The Labute approximate surface area is 375 Å². The van der Waals surface area contributed by atoms with Crippen molar-refractivity contribution >= 4 is 98.2 Å². The molecule has 0 radical (unpaired) electrons. The van der Waals surface area contributed by atoms with Crippen LogP contribution in [0.5, 0.6) is 11.5 Å². The molecule has 4 aliphatic rings. The molecule has 0 saturated carbocycles. The summed E-state index contributed by atoms with van der Waals surface area (Å²) < 4.78 is 21.5. The first kappa shape index (κ1) is 51.2. The average molecular weight is 1060 g/mol. The third-order valence-electron chi connectivity index (χ3n) is 6.87. The number of hydrogen-bond donors (Lipinski definition) is 0. The number of halogens is 4. The van der Waals surface area contributed by atoms with Gasteiger partial charge in [-0.2, -0.15) is 9.98 Å². The van der Waals surface area contributed by atoms with Crippen LogP contribution in [0.4, 0.5) is 0 Å². The van der Waals surface area contributed by atoms with Crippen LogP contribution in [-0.4, -0.2) is 97.8 Å². The van der Waals surface area contributed by atoms with E-state index in [1.807, 2.05) is 60.7 Å². The van der Waals surface area contributed by atoms with Crippen LogP contribution in [0.1, 0.15) is 11.1 Å². The standard InChI is InChI=1S/2C17H18N2O3S.4ClH.4Cu/c2*1-2-9-22-14-5-3-13(4-6-14)12-15-16(20)18-17(23-15)19-7-10-21-11-8-19;;;;;;;;/h2*2-6,12H,1,7-11H2;4*1H;;;;/q;;;;;;4*+1/p-4/b2*15-12-;;;;;;;;. The van der Waals surface area contributed by atoms with Crippen molar-refractivity contribution in [3.63, 3.8) is 0 Å². The SMILES string of the molecule is C=CCOc1ccc(/C=C2\SC(N3CCOCC3)=NC2=O)cc1.C=CCOc1ccc(/C=C2\SC(N3CCOCC3)=NC2=O)cc1.[Cl][Cu].[Cl][Cu].[Cl][Cu].[Cl][Cu]. The molecule has 2 saturated heterocycles. The molecule has 0 N–H and O–H groups in total. The van der Waals surface area contributed by atoms with Gasteiger partial charge in [0.25, 0.3) is 11.8 Å². The zero-order chi connectivity index (χ0) is 40.1. The molecule has 0 spiro atoms. The monoisotopic (exact) mass is 1050 g/mol. The molecule has 4 aliphatic heterocycles. The normalized spacial score (nSPS) is 17.4. The molecule has 54 heavy (non-hydrogen) atoms. The van der Waals surface area contributed by atoms with Crippen LogP contribution in [0.15, 0.2) is 93.6 Å². The summed E-state index contributed by atoms with van der Waals surface area (Å²) in [7, 11) is 16.8. The number of amides is 2. The van der Waals surface area contributed by atoms with Gasteiger partial charge < -0.3 is 28.7 Å². The summed E-state index contributed by atoms with van der Waals surface area (Å²) in [6.45, 7) is 14.0. The molecule has 2 amide bonds. The zero-order valence-corrected chi connectivity index (χ0v) is 36.6. The van der Waals surface area contributed by atoms with Gasteiger partial charge in [0.15, 0.2) is 10.3 Å². The van der Waals surface area contributed by atoms with E-state index in [-0.39, 0.29) is 11.8 Å². The summed E-state index contributed by atoms with van der Waals surface area (Å²) in [6.07, 6.45) is 7.13. The molecule has 0 aromatic heterocycles. The predicted molar refractivity (Wildman–Crippen MR) is 208 cm³/mol. The zero-order valence-electron chi connectivity index (χ0n) is 28.2. The van der Waals surface area contributed by atoms with Gasteiger partial charge in [0.2, 0.25) is 0 Å². The second kappa shape index (κ2) is 32.1. The number of rotatable bonds is 8. The maximum atomic E-state index is 12.1. The molecule has 0 aliphatic carbocycles. The number of ether oxygens (including phenoxy) is 4. The molecular formula is C34H36Cl4Cu4N4O6S2. The Morgan fingerprint density at radius 3 is 1.22 bits per heavy atom. The topological polar surface area (TPSA) is 102 Å². The summed E-state index contributed by atoms with van der Waals surface area (Å²) in [5.74, 6) is 1.21. The first-order valence-corrected chi connectivity index (χ1v) is 22.2. The van der Waals surface area contributed by atoms with Crippen molar-refractivity contribution in [1.29, 1.82) is 0 Å². The molecular weight excluding hydrogens is 1020 g/mol. The molecule has 0 unspecified atom stereocenters. The number of benzene rings is 2. The number of morpholine rings is 2. The Balaban J connectivity index is 0.000000456. The van der Waals surface area contributed by atoms with E-state index in [0.29, 0.717) is 49.5 Å². The molecule has 312 valence electrons. The summed E-state index contributed by atoms with van der Waals surface area (Å²) in [5, 5.41) is 1.55. The van der Waals surface area contributed by atoms with Crippen LogP contribution in [-0.2, 0) is 79.5 Å². The molecule has 6 rings (SSSR count). The Morgan fingerprint density at radius 2 is 0.926 bits per heavy atom.